The molecule has 2 aliphatic rings. The summed E-state index contributed by atoms with van der Waals surface area (Å²) in [5.41, 5.74) is -0.0987. The first-order valence-corrected chi connectivity index (χ1v) is 8.24. The molecule has 3 rings (SSSR count). The Bertz CT molecular complexity index is 581. The second-order valence-corrected chi connectivity index (χ2v) is 6.85. The number of aliphatic hydroxyl groups excluding tert-OH is 1. The van der Waals surface area contributed by atoms with Gasteiger partial charge in [-0.3, -0.25) is 4.79 Å². The summed E-state index contributed by atoms with van der Waals surface area (Å²) in [5, 5.41) is 17.3. The summed E-state index contributed by atoms with van der Waals surface area (Å²) in [6, 6.07) is 5.36. The lowest BCUT2D eigenvalue weighted by atomic mass is 9.73. The Balaban J connectivity index is 1.78. The van der Waals surface area contributed by atoms with Crippen molar-refractivity contribution < 1.29 is 14.6 Å². The average molecular weight is 319 g/mol. The fraction of sp³-hybridized carbons (Fsp3) is 0.647. The fourth-order valence-electron chi connectivity index (χ4n) is 3.65. The Morgan fingerprint density at radius 2 is 2.13 bits per heavy atom. The summed E-state index contributed by atoms with van der Waals surface area (Å²) in [5.74, 6) is -0.249. The summed E-state index contributed by atoms with van der Waals surface area (Å²) in [7, 11) is 0. The summed E-state index contributed by atoms with van der Waals surface area (Å²) in [6.45, 7) is 5.93. The quantitative estimate of drug-likeness (QED) is 0.750. The monoisotopic (exact) mass is 319 g/mol. The van der Waals surface area contributed by atoms with Crippen molar-refractivity contribution in [2.45, 2.75) is 50.4 Å². The number of hydrogen-bond acceptors (Lipinski definition) is 5. The molecule has 3 N–H and O–H groups in total. The molecule has 6 nitrogen and oxygen atoms in total. The number of rotatable bonds is 2. The fourth-order valence-corrected chi connectivity index (χ4v) is 3.65. The molecular weight excluding hydrogens is 294 g/mol. The molecule has 0 radical (unpaired) electrons. The zero-order chi connectivity index (χ0) is 16.5. The van der Waals surface area contributed by atoms with Crippen molar-refractivity contribution in [1.82, 2.24) is 15.6 Å². The number of aromatic nitrogens is 1. The van der Waals surface area contributed by atoms with Crippen molar-refractivity contribution in [2.75, 3.05) is 19.7 Å². The topological polar surface area (TPSA) is 83.5 Å². The second-order valence-electron chi connectivity index (χ2n) is 6.85. The van der Waals surface area contributed by atoms with E-state index in [0.717, 1.165) is 31.6 Å². The van der Waals surface area contributed by atoms with Gasteiger partial charge in [-0.15, -0.1) is 0 Å². The van der Waals surface area contributed by atoms with Crippen LogP contribution in [-0.4, -0.2) is 52.9 Å². The van der Waals surface area contributed by atoms with Crippen molar-refractivity contribution in [3.8, 4) is 0 Å². The van der Waals surface area contributed by atoms with E-state index in [0.29, 0.717) is 18.7 Å². The van der Waals surface area contributed by atoms with Crippen molar-refractivity contribution >= 4 is 5.91 Å². The van der Waals surface area contributed by atoms with Gasteiger partial charge in [0, 0.05) is 12.3 Å². The molecule has 0 aromatic carbocycles. The van der Waals surface area contributed by atoms with Crippen LogP contribution in [0.3, 0.4) is 0 Å². The van der Waals surface area contributed by atoms with Gasteiger partial charge in [0.15, 0.2) is 0 Å². The first-order chi connectivity index (χ1) is 11.0. The van der Waals surface area contributed by atoms with E-state index in [1.807, 2.05) is 26.0 Å². The molecule has 6 heteroatoms. The zero-order valence-electron chi connectivity index (χ0n) is 13.8. The van der Waals surface area contributed by atoms with E-state index in [-0.39, 0.29) is 5.91 Å². The number of piperidine rings is 1. The van der Waals surface area contributed by atoms with E-state index in [1.165, 1.54) is 0 Å². The molecule has 23 heavy (non-hydrogen) atoms. The van der Waals surface area contributed by atoms with E-state index in [2.05, 4.69) is 15.6 Å². The third-order valence-corrected chi connectivity index (χ3v) is 5.08. The molecule has 1 aromatic rings. The second kappa shape index (κ2) is 6.19. The molecular formula is C17H25N3O3. The Kier molecular flexibility index (Phi) is 4.40. The molecule has 2 saturated heterocycles. The number of hydrogen-bond donors (Lipinski definition) is 3. The van der Waals surface area contributed by atoms with Crippen LogP contribution in [0.25, 0.3) is 0 Å². The largest absolute Gasteiger partial charge is 0.388 e. The molecule has 0 saturated carbocycles. The van der Waals surface area contributed by atoms with E-state index in [9.17, 15) is 9.90 Å². The standard InChI is InChI=1S/C17H25N3O3/c1-12-4-3-5-13(19-12)14(21)20-16(2)8-11-23-17(15(16)22)6-9-18-10-7-17/h3-5,15,18,22H,6-11H2,1-2H3,(H,20,21)/t15?,16-/m1/s1. The number of pyridine rings is 1. The van der Waals surface area contributed by atoms with Crippen molar-refractivity contribution in [3.63, 3.8) is 0 Å². The number of amides is 1. The summed E-state index contributed by atoms with van der Waals surface area (Å²) in [4.78, 5) is 16.8. The predicted octanol–water partition coefficient (Wildman–Crippen LogP) is 0.782. The molecule has 1 amide bonds. The molecule has 1 unspecified atom stereocenters. The normalized spacial score (nSPS) is 30.1. The van der Waals surface area contributed by atoms with Crippen LogP contribution in [0, 0.1) is 6.92 Å². The van der Waals surface area contributed by atoms with Crippen molar-refractivity contribution in [1.29, 1.82) is 0 Å². The molecule has 0 aliphatic carbocycles. The highest BCUT2D eigenvalue weighted by molar-refractivity contribution is 5.92. The van der Waals surface area contributed by atoms with Gasteiger partial charge in [-0.1, -0.05) is 6.07 Å². The van der Waals surface area contributed by atoms with Crippen LogP contribution in [0.2, 0.25) is 0 Å². The first-order valence-electron chi connectivity index (χ1n) is 8.24. The van der Waals surface area contributed by atoms with Gasteiger partial charge in [-0.05, 0) is 58.3 Å². The molecule has 1 spiro atoms. The molecule has 126 valence electrons. The minimum absolute atomic E-state index is 0.249. The van der Waals surface area contributed by atoms with E-state index in [1.54, 1.807) is 6.07 Å². The number of carbonyl (C=O) groups excluding carboxylic acids is 1. The summed E-state index contributed by atoms with van der Waals surface area (Å²) < 4.78 is 5.96. The maximum Gasteiger partial charge on any atom is 0.270 e. The summed E-state index contributed by atoms with van der Waals surface area (Å²) >= 11 is 0. The van der Waals surface area contributed by atoms with Gasteiger partial charge in [0.1, 0.15) is 11.8 Å². The van der Waals surface area contributed by atoms with Crippen molar-refractivity contribution in [3.05, 3.63) is 29.6 Å². The number of carbonyl (C=O) groups is 1. The molecule has 1 aromatic heterocycles. The Morgan fingerprint density at radius 1 is 1.39 bits per heavy atom. The molecule has 0 bridgehead atoms. The zero-order valence-corrected chi connectivity index (χ0v) is 13.8. The van der Waals surface area contributed by atoms with Crippen LogP contribution in [0.15, 0.2) is 18.2 Å². The van der Waals surface area contributed by atoms with Gasteiger partial charge in [-0.2, -0.15) is 0 Å². The van der Waals surface area contributed by atoms with Crippen LogP contribution in [0.1, 0.15) is 42.4 Å². The van der Waals surface area contributed by atoms with E-state index < -0.39 is 17.2 Å². The SMILES string of the molecule is Cc1cccc(C(=O)N[C@]2(C)CCOC3(CCNCC3)C2O)n1. The number of aryl methyl sites for hydroxylation is 1. The number of nitrogens with zero attached hydrogens (tertiary/aromatic N) is 1. The van der Waals surface area contributed by atoms with Crippen LogP contribution in [0.5, 0.6) is 0 Å². The van der Waals surface area contributed by atoms with E-state index >= 15 is 0 Å². The van der Waals surface area contributed by atoms with Crippen LogP contribution in [0.4, 0.5) is 0 Å². The average Bonchev–Trinajstić information content (AvgIpc) is 2.54. The number of aliphatic hydroxyl groups is 1. The maximum absolute atomic E-state index is 12.5. The molecule has 2 atom stereocenters. The third-order valence-electron chi connectivity index (χ3n) is 5.08. The first kappa shape index (κ1) is 16.4. The number of ether oxygens (including phenoxy) is 1. The van der Waals surface area contributed by atoms with Gasteiger partial charge in [0.25, 0.3) is 5.91 Å². The minimum Gasteiger partial charge on any atom is -0.388 e. The van der Waals surface area contributed by atoms with Gasteiger partial charge in [0.05, 0.1) is 11.1 Å². The van der Waals surface area contributed by atoms with Gasteiger partial charge in [0.2, 0.25) is 0 Å². The van der Waals surface area contributed by atoms with Gasteiger partial charge in [-0.25, -0.2) is 4.98 Å². The van der Waals surface area contributed by atoms with Crippen LogP contribution in [-0.2, 0) is 4.74 Å². The Labute approximate surface area is 136 Å². The lowest BCUT2D eigenvalue weighted by Crippen LogP contribution is -2.69. The Hall–Kier alpha value is -1.50. The lowest BCUT2D eigenvalue weighted by molar-refractivity contribution is -0.197. The summed E-state index contributed by atoms with van der Waals surface area (Å²) in [6.07, 6.45) is 1.35. The van der Waals surface area contributed by atoms with E-state index in [4.69, 9.17) is 4.74 Å². The highest BCUT2D eigenvalue weighted by Crippen LogP contribution is 2.38. The molecule has 3 heterocycles. The maximum atomic E-state index is 12.5. The van der Waals surface area contributed by atoms with Crippen molar-refractivity contribution in [2.24, 2.45) is 0 Å². The minimum atomic E-state index is -0.736. The number of nitrogens with one attached hydrogen (secondary N) is 2. The predicted molar refractivity (Wildman–Crippen MR) is 86.3 cm³/mol. The molecule has 2 aliphatic heterocycles. The highest BCUT2D eigenvalue weighted by Gasteiger charge is 2.53. The smallest absolute Gasteiger partial charge is 0.270 e. The lowest BCUT2D eigenvalue weighted by Gasteiger charge is -2.52. The van der Waals surface area contributed by atoms with Crippen LogP contribution >= 0.6 is 0 Å². The third kappa shape index (κ3) is 3.11. The Morgan fingerprint density at radius 3 is 2.83 bits per heavy atom. The highest BCUT2D eigenvalue weighted by atomic mass is 16.5. The van der Waals surface area contributed by atoms with Gasteiger partial charge >= 0.3 is 0 Å². The molecule has 2 fully saturated rings. The van der Waals surface area contributed by atoms with Gasteiger partial charge < -0.3 is 20.5 Å². The van der Waals surface area contributed by atoms with Crippen LogP contribution < -0.4 is 10.6 Å².